The first kappa shape index (κ1) is 18.5. The van der Waals surface area contributed by atoms with Crippen molar-refractivity contribution in [2.75, 3.05) is 20.2 Å². The van der Waals surface area contributed by atoms with Gasteiger partial charge >= 0.3 is 5.97 Å². The molecular formula is C17H24ClNO3. The Hall–Kier alpha value is -1.55. The summed E-state index contributed by atoms with van der Waals surface area (Å²) in [6, 6.07) is 7.25. The molecule has 4 nitrogen and oxygen atoms in total. The highest BCUT2D eigenvalue weighted by Crippen LogP contribution is 2.12. The largest absolute Gasteiger partial charge is 0.469 e. The lowest BCUT2D eigenvalue weighted by Crippen LogP contribution is -2.38. The third-order valence-electron chi connectivity index (χ3n) is 3.50. The van der Waals surface area contributed by atoms with Gasteiger partial charge in [0.15, 0.2) is 0 Å². The van der Waals surface area contributed by atoms with Gasteiger partial charge in [-0.15, -0.1) is 0 Å². The van der Waals surface area contributed by atoms with Gasteiger partial charge in [0.1, 0.15) is 0 Å². The van der Waals surface area contributed by atoms with E-state index in [9.17, 15) is 9.59 Å². The van der Waals surface area contributed by atoms with Crippen LogP contribution in [0.25, 0.3) is 0 Å². The van der Waals surface area contributed by atoms with E-state index in [1.807, 2.05) is 12.1 Å². The monoisotopic (exact) mass is 325 g/mol. The Kier molecular flexibility index (Phi) is 7.96. The summed E-state index contributed by atoms with van der Waals surface area (Å²) in [4.78, 5) is 25.8. The number of hydrogen-bond acceptors (Lipinski definition) is 3. The Morgan fingerprint density at radius 2 is 1.91 bits per heavy atom. The average molecular weight is 326 g/mol. The first-order valence-corrected chi connectivity index (χ1v) is 7.95. The van der Waals surface area contributed by atoms with Gasteiger partial charge < -0.3 is 9.64 Å². The zero-order valence-electron chi connectivity index (χ0n) is 13.5. The van der Waals surface area contributed by atoms with Crippen molar-refractivity contribution in [3.8, 4) is 0 Å². The van der Waals surface area contributed by atoms with Crippen LogP contribution in [0.15, 0.2) is 24.3 Å². The lowest BCUT2D eigenvalue weighted by molar-refractivity contribution is -0.146. The van der Waals surface area contributed by atoms with Gasteiger partial charge in [-0.2, -0.15) is 0 Å². The van der Waals surface area contributed by atoms with E-state index in [4.69, 9.17) is 16.3 Å². The van der Waals surface area contributed by atoms with Crippen LogP contribution in [0.4, 0.5) is 0 Å². The molecule has 0 radical (unpaired) electrons. The maximum absolute atomic E-state index is 12.5. The predicted molar refractivity (Wildman–Crippen MR) is 87.8 cm³/mol. The first-order chi connectivity index (χ1) is 10.5. The van der Waals surface area contributed by atoms with Gasteiger partial charge in [0.05, 0.1) is 19.4 Å². The van der Waals surface area contributed by atoms with E-state index in [1.54, 1.807) is 24.0 Å². The Balaban J connectivity index is 2.70. The number of hydrogen-bond donors (Lipinski definition) is 0. The van der Waals surface area contributed by atoms with Gasteiger partial charge in [-0.3, -0.25) is 9.59 Å². The zero-order valence-corrected chi connectivity index (χ0v) is 14.2. The zero-order chi connectivity index (χ0) is 16.5. The molecule has 1 unspecified atom stereocenters. The number of ether oxygens (including phenoxy) is 1. The van der Waals surface area contributed by atoms with E-state index in [0.29, 0.717) is 24.5 Å². The molecule has 22 heavy (non-hydrogen) atoms. The van der Waals surface area contributed by atoms with Crippen LogP contribution in [0.1, 0.15) is 32.3 Å². The number of rotatable bonds is 8. The van der Waals surface area contributed by atoms with Gasteiger partial charge in [0, 0.05) is 18.1 Å². The Bertz CT molecular complexity index is 487. The third kappa shape index (κ3) is 6.06. The van der Waals surface area contributed by atoms with Crippen LogP contribution in [-0.4, -0.2) is 37.0 Å². The second-order valence-electron chi connectivity index (χ2n) is 5.42. The van der Waals surface area contributed by atoms with E-state index in [-0.39, 0.29) is 17.8 Å². The highest BCUT2D eigenvalue weighted by Gasteiger charge is 2.21. The predicted octanol–water partition coefficient (Wildman–Crippen LogP) is 3.32. The molecule has 0 aliphatic carbocycles. The van der Waals surface area contributed by atoms with Crippen LogP contribution in [0, 0.1) is 5.92 Å². The van der Waals surface area contributed by atoms with Crippen molar-refractivity contribution in [1.29, 1.82) is 0 Å². The van der Waals surface area contributed by atoms with Gasteiger partial charge in [-0.05, 0) is 24.1 Å². The van der Waals surface area contributed by atoms with Gasteiger partial charge in [-0.1, -0.05) is 44.0 Å². The molecule has 5 heteroatoms. The van der Waals surface area contributed by atoms with Crippen molar-refractivity contribution in [2.24, 2.45) is 5.92 Å². The fourth-order valence-corrected chi connectivity index (χ4v) is 2.29. The molecule has 0 aromatic heterocycles. The van der Waals surface area contributed by atoms with Crippen molar-refractivity contribution in [2.45, 2.75) is 33.1 Å². The number of halogens is 1. The van der Waals surface area contributed by atoms with Crippen molar-refractivity contribution >= 4 is 23.5 Å². The normalized spacial score (nSPS) is 11.8. The molecule has 1 amide bonds. The molecule has 122 valence electrons. The number of amides is 1. The standard InChI is InChI=1S/C17H24ClNO3/c1-4-5-10-19(12-13(2)17(21)22-3)16(20)11-14-6-8-15(18)9-7-14/h6-9,13H,4-5,10-12H2,1-3H3. The topological polar surface area (TPSA) is 46.6 Å². The lowest BCUT2D eigenvalue weighted by Gasteiger charge is -2.25. The summed E-state index contributed by atoms with van der Waals surface area (Å²) in [6.45, 7) is 4.90. The van der Waals surface area contributed by atoms with Crippen LogP contribution in [0.3, 0.4) is 0 Å². The van der Waals surface area contributed by atoms with E-state index >= 15 is 0 Å². The second kappa shape index (κ2) is 9.46. The smallest absolute Gasteiger partial charge is 0.310 e. The summed E-state index contributed by atoms with van der Waals surface area (Å²) in [5.41, 5.74) is 0.918. The molecule has 0 saturated carbocycles. The molecular weight excluding hydrogens is 302 g/mol. The number of unbranched alkanes of at least 4 members (excludes halogenated alkanes) is 1. The Morgan fingerprint density at radius 3 is 2.45 bits per heavy atom. The molecule has 0 spiro atoms. The molecule has 0 heterocycles. The molecule has 1 rings (SSSR count). The number of nitrogens with zero attached hydrogens (tertiary/aromatic N) is 1. The molecule has 1 atom stereocenters. The summed E-state index contributed by atoms with van der Waals surface area (Å²) < 4.78 is 4.74. The minimum absolute atomic E-state index is 0.0199. The number of benzene rings is 1. The van der Waals surface area contributed by atoms with Gasteiger partial charge in [0.2, 0.25) is 5.91 Å². The molecule has 1 aromatic carbocycles. The number of methoxy groups -OCH3 is 1. The number of carbonyl (C=O) groups excluding carboxylic acids is 2. The summed E-state index contributed by atoms with van der Waals surface area (Å²) in [5.74, 6) is -0.594. The number of carbonyl (C=O) groups is 2. The van der Waals surface area contributed by atoms with Crippen LogP contribution in [-0.2, 0) is 20.7 Å². The summed E-state index contributed by atoms with van der Waals surface area (Å²) >= 11 is 5.85. The molecule has 1 aromatic rings. The lowest BCUT2D eigenvalue weighted by atomic mass is 10.1. The maximum Gasteiger partial charge on any atom is 0.310 e. The van der Waals surface area contributed by atoms with Crippen molar-refractivity contribution < 1.29 is 14.3 Å². The Labute approximate surface area is 137 Å². The van der Waals surface area contributed by atoms with Crippen LogP contribution >= 0.6 is 11.6 Å². The summed E-state index contributed by atoms with van der Waals surface area (Å²) in [7, 11) is 1.37. The number of esters is 1. The highest BCUT2D eigenvalue weighted by atomic mass is 35.5. The average Bonchev–Trinajstić information content (AvgIpc) is 2.52. The molecule has 0 saturated heterocycles. The molecule has 0 fully saturated rings. The van der Waals surface area contributed by atoms with Crippen molar-refractivity contribution in [3.05, 3.63) is 34.9 Å². The quantitative estimate of drug-likeness (QED) is 0.689. The second-order valence-corrected chi connectivity index (χ2v) is 5.86. The summed E-state index contributed by atoms with van der Waals surface area (Å²) in [6.07, 6.45) is 2.23. The third-order valence-corrected chi connectivity index (χ3v) is 3.75. The molecule has 0 bridgehead atoms. The molecule has 0 N–H and O–H groups in total. The SMILES string of the molecule is CCCCN(CC(C)C(=O)OC)C(=O)Cc1ccc(Cl)cc1. The van der Waals surface area contributed by atoms with Crippen LogP contribution < -0.4 is 0 Å². The van der Waals surface area contributed by atoms with Crippen LogP contribution in [0.2, 0.25) is 5.02 Å². The maximum atomic E-state index is 12.5. The fourth-order valence-electron chi connectivity index (χ4n) is 2.16. The van der Waals surface area contributed by atoms with Gasteiger partial charge in [-0.25, -0.2) is 0 Å². The molecule has 0 aliphatic rings. The van der Waals surface area contributed by atoms with Crippen molar-refractivity contribution in [3.63, 3.8) is 0 Å². The first-order valence-electron chi connectivity index (χ1n) is 7.58. The van der Waals surface area contributed by atoms with E-state index in [1.165, 1.54) is 7.11 Å². The summed E-state index contributed by atoms with van der Waals surface area (Å²) in [5, 5.41) is 0.651. The van der Waals surface area contributed by atoms with E-state index < -0.39 is 0 Å². The fraction of sp³-hybridized carbons (Fsp3) is 0.529. The Morgan fingerprint density at radius 1 is 1.27 bits per heavy atom. The minimum atomic E-state index is -0.323. The minimum Gasteiger partial charge on any atom is -0.469 e. The van der Waals surface area contributed by atoms with E-state index in [0.717, 1.165) is 18.4 Å². The highest BCUT2D eigenvalue weighted by molar-refractivity contribution is 6.30. The van der Waals surface area contributed by atoms with E-state index in [2.05, 4.69) is 6.92 Å². The van der Waals surface area contributed by atoms with Gasteiger partial charge in [0.25, 0.3) is 0 Å². The van der Waals surface area contributed by atoms with Crippen LogP contribution in [0.5, 0.6) is 0 Å². The van der Waals surface area contributed by atoms with Crippen molar-refractivity contribution in [1.82, 2.24) is 4.90 Å². The molecule has 0 aliphatic heterocycles.